The van der Waals surface area contributed by atoms with Crippen molar-refractivity contribution < 1.29 is 19.8 Å². The second kappa shape index (κ2) is 5.73. The summed E-state index contributed by atoms with van der Waals surface area (Å²) in [5.74, 6) is -1.53. The van der Waals surface area contributed by atoms with Crippen molar-refractivity contribution in [2.45, 2.75) is 46.5 Å². The SMILES string of the molecule is CC(CCCCC(=O)O)C(C)(C)C(=O)O. The molecule has 0 aromatic rings. The average Bonchev–Trinajstić information content (AvgIpc) is 2.11. The van der Waals surface area contributed by atoms with Crippen molar-refractivity contribution in [3.05, 3.63) is 0 Å². The van der Waals surface area contributed by atoms with E-state index in [1.807, 2.05) is 6.92 Å². The van der Waals surface area contributed by atoms with Crippen LogP contribution in [0.3, 0.4) is 0 Å². The lowest BCUT2D eigenvalue weighted by atomic mass is 9.77. The molecule has 0 radical (unpaired) electrons. The molecule has 88 valence electrons. The van der Waals surface area contributed by atoms with Gasteiger partial charge < -0.3 is 10.2 Å². The third kappa shape index (κ3) is 4.81. The Morgan fingerprint density at radius 1 is 1.20 bits per heavy atom. The molecule has 15 heavy (non-hydrogen) atoms. The van der Waals surface area contributed by atoms with E-state index in [-0.39, 0.29) is 12.3 Å². The van der Waals surface area contributed by atoms with E-state index in [1.54, 1.807) is 13.8 Å². The van der Waals surface area contributed by atoms with Gasteiger partial charge in [-0.25, -0.2) is 0 Å². The van der Waals surface area contributed by atoms with E-state index in [0.29, 0.717) is 6.42 Å². The van der Waals surface area contributed by atoms with Crippen LogP contribution in [-0.4, -0.2) is 22.2 Å². The molecule has 0 saturated heterocycles. The monoisotopic (exact) mass is 216 g/mol. The molecule has 0 rings (SSSR count). The van der Waals surface area contributed by atoms with E-state index in [2.05, 4.69) is 0 Å². The van der Waals surface area contributed by atoms with Gasteiger partial charge in [0.05, 0.1) is 5.41 Å². The molecule has 0 aromatic heterocycles. The van der Waals surface area contributed by atoms with Crippen molar-refractivity contribution in [2.24, 2.45) is 11.3 Å². The quantitative estimate of drug-likeness (QED) is 0.641. The minimum atomic E-state index is -0.798. The zero-order valence-electron chi connectivity index (χ0n) is 9.62. The Hall–Kier alpha value is -1.06. The van der Waals surface area contributed by atoms with Crippen LogP contribution >= 0.6 is 0 Å². The lowest BCUT2D eigenvalue weighted by molar-refractivity contribution is -0.150. The number of aliphatic carboxylic acids is 2. The van der Waals surface area contributed by atoms with Crippen molar-refractivity contribution >= 4 is 11.9 Å². The van der Waals surface area contributed by atoms with Crippen LogP contribution in [0.5, 0.6) is 0 Å². The Balaban J connectivity index is 3.88. The first-order valence-electron chi connectivity index (χ1n) is 5.23. The van der Waals surface area contributed by atoms with Crippen LogP contribution in [0.1, 0.15) is 46.5 Å². The number of rotatable bonds is 7. The van der Waals surface area contributed by atoms with Crippen molar-refractivity contribution in [1.82, 2.24) is 0 Å². The molecule has 0 aliphatic heterocycles. The van der Waals surface area contributed by atoms with Crippen LogP contribution in [-0.2, 0) is 9.59 Å². The topological polar surface area (TPSA) is 74.6 Å². The molecule has 1 unspecified atom stereocenters. The second-order valence-electron chi connectivity index (χ2n) is 4.57. The first-order chi connectivity index (χ1) is 6.78. The maximum Gasteiger partial charge on any atom is 0.309 e. The Labute approximate surface area is 90.3 Å². The zero-order valence-corrected chi connectivity index (χ0v) is 9.62. The molecule has 1 atom stereocenters. The summed E-state index contributed by atoms with van der Waals surface area (Å²) in [6.45, 7) is 5.31. The Morgan fingerprint density at radius 3 is 2.13 bits per heavy atom. The van der Waals surface area contributed by atoms with Gasteiger partial charge in [-0.15, -0.1) is 0 Å². The minimum absolute atomic E-state index is 0.0591. The predicted molar refractivity (Wildman–Crippen MR) is 56.7 cm³/mol. The molecule has 0 bridgehead atoms. The van der Waals surface area contributed by atoms with E-state index in [4.69, 9.17) is 10.2 Å². The first-order valence-corrected chi connectivity index (χ1v) is 5.23. The number of hydrogen-bond donors (Lipinski definition) is 2. The highest BCUT2D eigenvalue weighted by molar-refractivity contribution is 5.73. The molecule has 0 spiro atoms. The van der Waals surface area contributed by atoms with Crippen molar-refractivity contribution in [1.29, 1.82) is 0 Å². The first kappa shape index (κ1) is 13.9. The summed E-state index contributed by atoms with van der Waals surface area (Å²) in [4.78, 5) is 21.2. The van der Waals surface area contributed by atoms with Gasteiger partial charge in [0.1, 0.15) is 0 Å². The van der Waals surface area contributed by atoms with Gasteiger partial charge in [-0.05, 0) is 32.6 Å². The van der Waals surface area contributed by atoms with Crippen molar-refractivity contribution in [2.75, 3.05) is 0 Å². The number of carboxylic acids is 2. The van der Waals surface area contributed by atoms with E-state index < -0.39 is 17.4 Å². The molecule has 0 aliphatic carbocycles. The average molecular weight is 216 g/mol. The summed E-state index contributed by atoms with van der Waals surface area (Å²) >= 11 is 0. The van der Waals surface area contributed by atoms with E-state index in [0.717, 1.165) is 12.8 Å². The van der Waals surface area contributed by atoms with E-state index in [9.17, 15) is 9.59 Å². The fraction of sp³-hybridized carbons (Fsp3) is 0.818. The Kier molecular flexibility index (Phi) is 5.33. The van der Waals surface area contributed by atoms with Gasteiger partial charge in [0.25, 0.3) is 0 Å². The highest BCUT2D eigenvalue weighted by Gasteiger charge is 2.33. The number of hydrogen-bond acceptors (Lipinski definition) is 2. The zero-order chi connectivity index (χ0) is 12.1. The number of unbranched alkanes of at least 4 members (excludes halogenated alkanes) is 1. The van der Waals surface area contributed by atoms with Gasteiger partial charge in [0.2, 0.25) is 0 Å². The van der Waals surface area contributed by atoms with Gasteiger partial charge in [-0.1, -0.05) is 13.3 Å². The molecule has 4 nitrogen and oxygen atoms in total. The molecule has 0 aromatic carbocycles. The Bertz CT molecular complexity index is 233. The molecule has 0 aliphatic rings. The van der Waals surface area contributed by atoms with Gasteiger partial charge in [0, 0.05) is 6.42 Å². The predicted octanol–water partition coefficient (Wildman–Crippen LogP) is 2.38. The maximum absolute atomic E-state index is 10.9. The highest BCUT2D eigenvalue weighted by Crippen LogP contribution is 2.30. The summed E-state index contributed by atoms with van der Waals surface area (Å²) in [7, 11) is 0. The summed E-state index contributed by atoms with van der Waals surface area (Å²) in [6.07, 6.45) is 2.31. The van der Waals surface area contributed by atoms with E-state index >= 15 is 0 Å². The fourth-order valence-corrected chi connectivity index (χ4v) is 1.30. The standard InChI is InChI=1S/C11H20O4/c1-8(11(2,3)10(14)15)6-4-5-7-9(12)13/h8H,4-7H2,1-3H3,(H,12,13)(H,14,15). The van der Waals surface area contributed by atoms with Crippen LogP contribution in [0, 0.1) is 11.3 Å². The third-order valence-corrected chi connectivity index (χ3v) is 3.06. The highest BCUT2D eigenvalue weighted by atomic mass is 16.4. The van der Waals surface area contributed by atoms with Gasteiger partial charge in [-0.3, -0.25) is 9.59 Å². The van der Waals surface area contributed by atoms with E-state index in [1.165, 1.54) is 0 Å². The van der Waals surface area contributed by atoms with Gasteiger partial charge in [0.15, 0.2) is 0 Å². The lowest BCUT2D eigenvalue weighted by Crippen LogP contribution is -2.31. The van der Waals surface area contributed by atoms with Crippen LogP contribution in [0.15, 0.2) is 0 Å². The summed E-state index contributed by atoms with van der Waals surface area (Å²) in [6, 6.07) is 0. The molecule has 0 fully saturated rings. The summed E-state index contributed by atoms with van der Waals surface area (Å²) < 4.78 is 0. The molecule has 0 amide bonds. The van der Waals surface area contributed by atoms with Gasteiger partial charge >= 0.3 is 11.9 Å². The van der Waals surface area contributed by atoms with Crippen LogP contribution in [0.2, 0.25) is 0 Å². The molecule has 0 saturated carbocycles. The second-order valence-corrected chi connectivity index (χ2v) is 4.57. The number of carbonyl (C=O) groups is 2. The molecule has 0 heterocycles. The molecular weight excluding hydrogens is 196 g/mol. The number of carboxylic acid groups (broad SMARTS) is 2. The lowest BCUT2D eigenvalue weighted by Gasteiger charge is -2.27. The summed E-state index contributed by atoms with van der Waals surface area (Å²) in [5, 5.41) is 17.4. The molecule has 4 heteroatoms. The maximum atomic E-state index is 10.9. The van der Waals surface area contributed by atoms with Crippen LogP contribution in [0.4, 0.5) is 0 Å². The summed E-state index contributed by atoms with van der Waals surface area (Å²) in [5.41, 5.74) is -0.733. The Morgan fingerprint density at radius 2 is 1.73 bits per heavy atom. The van der Waals surface area contributed by atoms with Crippen LogP contribution < -0.4 is 0 Å². The van der Waals surface area contributed by atoms with Gasteiger partial charge in [-0.2, -0.15) is 0 Å². The van der Waals surface area contributed by atoms with Crippen molar-refractivity contribution in [3.8, 4) is 0 Å². The molecular formula is C11H20O4. The normalized spacial score (nSPS) is 13.5. The fourth-order valence-electron chi connectivity index (χ4n) is 1.30. The third-order valence-electron chi connectivity index (χ3n) is 3.06. The smallest absolute Gasteiger partial charge is 0.309 e. The van der Waals surface area contributed by atoms with Crippen molar-refractivity contribution in [3.63, 3.8) is 0 Å². The minimum Gasteiger partial charge on any atom is -0.481 e. The largest absolute Gasteiger partial charge is 0.481 e. The molecule has 2 N–H and O–H groups in total. The van der Waals surface area contributed by atoms with Crippen LogP contribution in [0.25, 0.3) is 0 Å².